The SMILES string of the molecule is COc1ccc2c(CC(=O)N[C@@H](C)c3ccc(S(C)(=O)=O)cc3)coc2c1. The molecule has 27 heavy (non-hydrogen) atoms. The van der Waals surface area contributed by atoms with Crippen LogP contribution in [0.15, 0.2) is 58.0 Å². The fraction of sp³-hybridized carbons (Fsp3) is 0.250. The number of hydrogen-bond donors (Lipinski definition) is 1. The Bertz CT molecular complexity index is 1070. The first-order chi connectivity index (χ1) is 12.8. The molecule has 0 spiro atoms. The van der Waals surface area contributed by atoms with E-state index in [1.165, 1.54) is 0 Å². The molecule has 1 amide bonds. The van der Waals surface area contributed by atoms with Crippen molar-refractivity contribution in [3.05, 3.63) is 59.9 Å². The average Bonchev–Trinajstić information content (AvgIpc) is 3.02. The van der Waals surface area contributed by atoms with Crippen LogP contribution in [0.25, 0.3) is 11.0 Å². The van der Waals surface area contributed by atoms with E-state index in [0.717, 1.165) is 22.8 Å². The molecule has 142 valence electrons. The van der Waals surface area contributed by atoms with E-state index in [1.54, 1.807) is 43.7 Å². The summed E-state index contributed by atoms with van der Waals surface area (Å²) in [6.07, 6.45) is 2.93. The molecule has 0 saturated carbocycles. The van der Waals surface area contributed by atoms with Gasteiger partial charge in [0.25, 0.3) is 0 Å². The number of furan rings is 1. The highest BCUT2D eigenvalue weighted by Crippen LogP contribution is 2.26. The molecule has 2 aromatic carbocycles. The van der Waals surface area contributed by atoms with Crippen molar-refractivity contribution in [1.82, 2.24) is 5.32 Å². The third-order valence-corrected chi connectivity index (χ3v) is 5.53. The predicted molar refractivity (Wildman–Crippen MR) is 103 cm³/mol. The maximum absolute atomic E-state index is 12.4. The number of hydrogen-bond acceptors (Lipinski definition) is 5. The number of benzene rings is 2. The topological polar surface area (TPSA) is 85.6 Å². The summed E-state index contributed by atoms with van der Waals surface area (Å²) in [7, 11) is -1.65. The number of carbonyl (C=O) groups is 1. The van der Waals surface area contributed by atoms with Crippen LogP contribution in [0.4, 0.5) is 0 Å². The van der Waals surface area contributed by atoms with Crippen molar-refractivity contribution < 1.29 is 22.4 Å². The highest BCUT2D eigenvalue weighted by Gasteiger charge is 2.15. The smallest absolute Gasteiger partial charge is 0.225 e. The molecule has 0 bridgehead atoms. The summed E-state index contributed by atoms with van der Waals surface area (Å²) in [5, 5.41) is 3.80. The molecule has 1 N–H and O–H groups in total. The summed E-state index contributed by atoms with van der Waals surface area (Å²) >= 11 is 0. The first-order valence-electron chi connectivity index (χ1n) is 8.41. The maximum atomic E-state index is 12.4. The number of ether oxygens (including phenoxy) is 1. The van der Waals surface area contributed by atoms with Crippen molar-refractivity contribution in [2.24, 2.45) is 0 Å². The number of amides is 1. The van der Waals surface area contributed by atoms with Crippen molar-refractivity contribution in [2.45, 2.75) is 24.3 Å². The minimum absolute atomic E-state index is 0.145. The van der Waals surface area contributed by atoms with Crippen molar-refractivity contribution in [3.63, 3.8) is 0 Å². The summed E-state index contributed by atoms with van der Waals surface area (Å²) in [6, 6.07) is 11.7. The molecule has 1 heterocycles. The fourth-order valence-electron chi connectivity index (χ4n) is 2.88. The Kier molecular flexibility index (Phi) is 5.23. The monoisotopic (exact) mass is 387 g/mol. The van der Waals surface area contributed by atoms with Gasteiger partial charge in [0.2, 0.25) is 5.91 Å². The standard InChI is InChI=1S/C20H21NO5S/c1-13(14-4-7-17(8-5-14)27(3,23)24)21-20(22)10-15-12-26-19-11-16(25-2)6-9-18(15)19/h4-9,11-13H,10H2,1-3H3,(H,21,22)/t13-/m0/s1. The maximum Gasteiger partial charge on any atom is 0.225 e. The number of nitrogens with one attached hydrogen (secondary N) is 1. The quantitative estimate of drug-likeness (QED) is 0.702. The van der Waals surface area contributed by atoms with Gasteiger partial charge in [0.1, 0.15) is 11.3 Å². The average molecular weight is 387 g/mol. The molecule has 0 aliphatic heterocycles. The van der Waals surface area contributed by atoms with E-state index >= 15 is 0 Å². The zero-order chi connectivity index (χ0) is 19.6. The molecule has 0 fully saturated rings. The highest BCUT2D eigenvalue weighted by atomic mass is 32.2. The van der Waals surface area contributed by atoms with Crippen LogP contribution in [-0.4, -0.2) is 27.7 Å². The number of rotatable bonds is 6. The van der Waals surface area contributed by atoms with Crippen LogP contribution in [-0.2, 0) is 21.1 Å². The molecular formula is C20H21NO5S. The highest BCUT2D eigenvalue weighted by molar-refractivity contribution is 7.90. The Labute approximate surface area is 158 Å². The molecule has 0 saturated heterocycles. The van der Waals surface area contributed by atoms with Gasteiger partial charge in [-0.3, -0.25) is 4.79 Å². The number of sulfone groups is 1. The number of carbonyl (C=O) groups excluding carboxylic acids is 1. The first kappa shape index (κ1) is 19.0. The molecule has 3 rings (SSSR count). The molecule has 1 atom stereocenters. The lowest BCUT2D eigenvalue weighted by Gasteiger charge is -2.14. The molecule has 0 aliphatic rings. The summed E-state index contributed by atoms with van der Waals surface area (Å²) in [6.45, 7) is 1.85. The van der Waals surface area contributed by atoms with Gasteiger partial charge in [0.15, 0.2) is 9.84 Å². The van der Waals surface area contributed by atoms with Gasteiger partial charge >= 0.3 is 0 Å². The summed E-state index contributed by atoms with van der Waals surface area (Å²) in [5.74, 6) is 0.548. The van der Waals surface area contributed by atoms with Crippen molar-refractivity contribution in [2.75, 3.05) is 13.4 Å². The molecular weight excluding hydrogens is 366 g/mol. The largest absolute Gasteiger partial charge is 0.497 e. The summed E-state index contributed by atoms with van der Waals surface area (Å²) in [5.41, 5.74) is 2.30. The van der Waals surface area contributed by atoms with Gasteiger partial charge in [0.05, 0.1) is 30.7 Å². The summed E-state index contributed by atoms with van der Waals surface area (Å²) in [4.78, 5) is 12.7. The molecule has 1 aromatic heterocycles. The molecule has 0 unspecified atom stereocenters. The molecule has 3 aromatic rings. The molecule has 0 aliphatic carbocycles. The van der Waals surface area contributed by atoms with E-state index in [0.29, 0.717) is 11.3 Å². The lowest BCUT2D eigenvalue weighted by Crippen LogP contribution is -2.28. The van der Waals surface area contributed by atoms with Gasteiger partial charge in [-0.1, -0.05) is 12.1 Å². The van der Waals surface area contributed by atoms with Gasteiger partial charge in [-0.2, -0.15) is 0 Å². The minimum Gasteiger partial charge on any atom is -0.497 e. The Morgan fingerprint density at radius 2 is 1.89 bits per heavy atom. The predicted octanol–water partition coefficient (Wildman–Crippen LogP) is 3.26. The third kappa shape index (κ3) is 4.31. The van der Waals surface area contributed by atoms with Gasteiger partial charge in [-0.05, 0) is 36.8 Å². The van der Waals surface area contributed by atoms with E-state index in [9.17, 15) is 13.2 Å². The summed E-state index contributed by atoms with van der Waals surface area (Å²) < 4.78 is 33.7. The van der Waals surface area contributed by atoms with Crippen LogP contribution in [0.3, 0.4) is 0 Å². The van der Waals surface area contributed by atoms with Crippen LogP contribution in [0, 0.1) is 0 Å². The second-order valence-electron chi connectivity index (χ2n) is 6.43. The zero-order valence-corrected chi connectivity index (χ0v) is 16.2. The van der Waals surface area contributed by atoms with Crippen LogP contribution in [0.2, 0.25) is 0 Å². The Hall–Kier alpha value is -2.80. The second kappa shape index (κ2) is 7.44. The molecule has 0 radical (unpaired) electrons. The fourth-order valence-corrected chi connectivity index (χ4v) is 3.51. The van der Waals surface area contributed by atoms with Gasteiger partial charge < -0.3 is 14.5 Å². The van der Waals surface area contributed by atoms with E-state index in [2.05, 4.69) is 5.32 Å². The normalized spacial score (nSPS) is 12.7. The number of methoxy groups -OCH3 is 1. The lowest BCUT2D eigenvalue weighted by atomic mass is 10.1. The van der Waals surface area contributed by atoms with Crippen LogP contribution >= 0.6 is 0 Å². The van der Waals surface area contributed by atoms with E-state index in [-0.39, 0.29) is 23.3 Å². The van der Waals surface area contributed by atoms with Crippen LogP contribution < -0.4 is 10.1 Å². The molecule has 7 heteroatoms. The molecule has 6 nitrogen and oxygen atoms in total. The zero-order valence-electron chi connectivity index (χ0n) is 15.4. The minimum atomic E-state index is -3.24. The van der Waals surface area contributed by atoms with E-state index < -0.39 is 9.84 Å². The van der Waals surface area contributed by atoms with Gasteiger partial charge in [-0.15, -0.1) is 0 Å². The van der Waals surface area contributed by atoms with Gasteiger partial charge in [-0.25, -0.2) is 8.42 Å². The van der Waals surface area contributed by atoms with Crippen molar-refractivity contribution in [1.29, 1.82) is 0 Å². The van der Waals surface area contributed by atoms with Crippen molar-refractivity contribution in [3.8, 4) is 5.75 Å². The Morgan fingerprint density at radius 3 is 2.52 bits per heavy atom. The Balaban J connectivity index is 1.68. The van der Waals surface area contributed by atoms with Crippen molar-refractivity contribution >= 4 is 26.7 Å². The first-order valence-corrected chi connectivity index (χ1v) is 10.3. The van der Waals surface area contributed by atoms with Crippen LogP contribution in [0.5, 0.6) is 5.75 Å². The van der Waals surface area contributed by atoms with Crippen LogP contribution in [0.1, 0.15) is 24.1 Å². The third-order valence-electron chi connectivity index (χ3n) is 4.40. The second-order valence-corrected chi connectivity index (χ2v) is 8.45. The van der Waals surface area contributed by atoms with Gasteiger partial charge in [0, 0.05) is 23.3 Å². The number of fused-ring (bicyclic) bond motifs is 1. The Morgan fingerprint density at radius 1 is 1.19 bits per heavy atom. The van der Waals surface area contributed by atoms with E-state index in [4.69, 9.17) is 9.15 Å². The van der Waals surface area contributed by atoms with E-state index in [1.807, 2.05) is 19.1 Å². The lowest BCUT2D eigenvalue weighted by molar-refractivity contribution is -0.121.